The van der Waals surface area contributed by atoms with E-state index in [0.717, 1.165) is 11.0 Å². The van der Waals surface area contributed by atoms with Crippen LogP contribution in [-0.2, 0) is 9.59 Å². The van der Waals surface area contributed by atoms with Gasteiger partial charge in [-0.15, -0.1) is 0 Å². The van der Waals surface area contributed by atoms with Gasteiger partial charge in [0.05, 0.1) is 18.4 Å². The predicted molar refractivity (Wildman–Crippen MR) is 76.9 cm³/mol. The molecular weight excluding hydrogens is 332 g/mol. The van der Waals surface area contributed by atoms with Crippen LogP contribution in [0.5, 0.6) is 0 Å². The highest BCUT2D eigenvalue weighted by Gasteiger charge is 2.52. The summed E-state index contributed by atoms with van der Waals surface area (Å²) < 4.78 is 52.0. The molecule has 1 saturated heterocycles. The lowest BCUT2D eigenvalue weighted by atomic mass is 9.96. The summed E-state index contributed by atoms with van der Waals surface area (Å²) in [5, 5.41) is 11.3. The molecule has 132 valence electrons. The van der Waals surface area contributed by atoms with Gasteiger partial charge >= 0.3 is 12.1 Å². The zero-order valence-corrected chi connectivity index (χ0v) is 12.7. The number of aliphatic carboxylic acids is 1. The number of nitrogens with one attached hydrogen (secondary N) is 1. The molecule has 0 bridgehead atoms. The fourth-order valence-electron chi connectivity index (χ4n) is 2.67. The number of carbonyl (C=O) groups is 2. The van der Waals surface area contributed by atoms with Crippen LogP contribution in [0, 0.1) is 24.6 Å². The molecule has 1 aliphatic rings. The van der Waals surface area contributed by atoms with Crippen molar-refractivity contribution in [3.8, 4) is 0 Å². The third-order valence-corrected chi connectivity index (χ3v) is 3.96. The molecule has 2 atom stereocenters. The van der Waals surface area contributed by atoms with E-state index in [1.807, 2.05) is 0 Å². The summed E-state index contributed by atoms with van der Waals surface area (Å²) in [6, 6.07) is 4.04. The molecule has 2 rings (SSSR count). The smallest absolute Gasteiger partial charge is 0.393 e. The molecule has 0 aromatic heterocycles. The van der Waals surface area contributed by atoms with Gasteiger partial charge < -0.3 is 10.4 Å². The molecule has 1 heterocycles. The third kappa shape index (κ3) is 4.22. The number of halogens is 4. The van der Waals surface area contributed by atoms with E-state index in [2.05, 4.69) is 5.32 Å². The van der Waals surface area contributed by atoms with Crippen LogP contribution in [0.4, 0.5) is 23.2 Å². The average Bonchev–Trinajstić information content (AvgIpc) is 2.87. The maximum Gasteiger partial charge on any atom is 0.393 e. The van der Waals surface area contributed by atoms with E-state index in [1.165, 1.54) is 12.1 Å². The van der Waals surface area contributed by atoms with Crippen molar-refractivity contribution in [2.75, 3.05) is 25.0 Å². The number of carboxylic acid groups (broad SMARTS) is 1. The molecule has 1 aliphatic heterocycles. The van der Waals surface area contributed by atoms with E-state index in [9.17, 15) is 27.2 Å². The zero-order chi connectivity index (χ0) is 18.1. The fraction of sp³-hybridized carbons (Fsp3) is 0.467. The number of likely N-dealkylation sites (tertiary alicyclic amines) is 1. The molecule has 1 fully saturated rings. The first kappa shape index (κ1) is 18.2. The third-order valence-electron chi connectivity index (χ3n) is 3.96. The molecule has 2 N–H and O–H groups in total. The van der Waals surface area contributed by atoms with Crippen LogP contribution in [0.2, 0.25) is 0 Å². The van der Waals surface area contributed by atoms with Crippen LogP contribution >= 0.6 is 0 Å². The van der Waals surface area contributed by atoms with Crippen molar-refractivity contribution in [1.82, 2.24) is 4.90 Å². The van der Waals surface area contributed by atoms with E-state index < -0.39 is 48.8 Å². The first-order chi connectivity index (χ1) is 11.1. The van der Waals surface area contributed by atoms with Crippen LogP contribution in [0.3, 0.4) is 0 Å². The van der Waals surface area contributed by atoms with Gasteiger partial charge in [0.25, 0.3) is 0 Å². The molecule has 0 radical (unpaired) electrons. The highest BCUT2D eigenvalue weighted by Crippen LogP contribution is 2.37. The Morgan fingerprint density at radius 3 is 2.50 bits per heavy atom. The lowest BCUT2D eigenvalue weighted by Gasteiger charge is -2.18. The van der Waals surface area contributed by atoms with E-state index >= 15 is 0 Å². The Morgan fingerprint density at radius 2 is 2.00 bits per heavy atom. The molecule has 0 unspecified atom stereocenters. The highest BCUT2D eigenvalue weighted by molar-refractivity contribution is 5.92. The Balaban J connectivity index is 1.99. The Kier molecular flexibility index (Phi) is 5.12. The number of carboxylic acids is 1. The number of hydrogen-bond donors (Lipinski definition) is 2. The Hall–Kier alpha value is -2.16. The van der Waals surface area contributed by atoms with Crippen LogP contribution in [0.1, 0.15) is 5.56 Å². The van der Waals surface area contributed by atoms with Crippen LogP contribution in [-0.4, -0.2) is 47.7 Å². The molecule has 1 aromatic carbocycles. The standard InChI is InChI=1S/C15H16F4N2O3/c1-8-2-3-9(4-12(8)16)20-13(22)7-21-5-10(14(23)24)11(6-21)15(17,18)19/h2-4,10-11H,5-7H2,1H3,(H,20,22)(H,23,24)/t10-,11-/m1/s1. The molecule has 5 nitrogen and oxygen atoms in total. The van der Waals surface area contributed by atoms with Crippen molar-refractivity contribution < 1.29 is 32.3 Å². The van der Waals surface area contributed by atoms with Crippen molar-refractivity contribution in [1.29, 1.82) is 0 Å². The van der Waals surface area contributed by atoms with E-state index in [4.69, 9.17) is 5.11 Å². The lowest BCUT2D eigenvalue weighted by molar-refractivity contribution is -0.188. The minimum atomic E-state index is -4.64. The van der Waals surface area contributed by atoms with Crippen molar-refractivity contribution in [2.24, 2.45) is 11.8 Å². The van der Waals surface area contributed by atoms with Crippen molar-refractivity contribution in [3.05, 3.63) is 29.6 Å². The van der Waals surface area contributed by atoms with Gasteiger partial charge in [-0.05, 0) is 24.6 Å². The second-order valence-corrected chi connectivity index (χ2v) is 5.80. The molecular formula is C15H16F4N2O3. The first-order valence-corrected chi connectivity index (χ1v) is 7.16. The zero-order valence-electron chi connectivity index (χ0n) is 12.7. The Labute approximate surface area is 135 Å². The van der Waals surface area contributed by atoms with Gasteiger partial charge in [0.15, 0.2) is 0 Å². The number of alkyl halides is 3. The van der Waals surface area contributed by atoms with E-state index in [0.29, 0.717) is 5.56 Å². The van der Waals surface area contributed by atoms with Gasteiger partial charge in [-0.3, -0.25) is 14.5 Å². The van der Waals surface area contributed by atoms with Crippen molar-refractivity contribution in [3.63, 3.8) is 0 Å². The first-order valence-electron chi connectivity index (χ1n) is 7.16. The molecule has 0 aliphatic carbocycles. The molecule has 0 spiro atoms. The number of anilines is 1. The van der Waals surface area contributed by atoms with E-state index in [-0.39, 0.29) is 12.2 Å². The molecule has 1 amide bonds. The maximum absolute atomic E-state index is 13.4. The maximum atomic E-state index is 13.4. The second kappa shape index (κ2) is 6.76. The van der Waals surface area contributed by atoms with Gasteiger partial charge in [0.1, 0.15) is 5.82 Å². The molecule has 1 aromatic rings. The lowest BCUT2D eigenvalue weighted by Crippen LogP contribution is -2.34. The summed E-state index contributed by atoms with van der Waals surface area (Å²) in [5.41, 5.74) is 0.578. The van der Waals surface area contributed by atoms with Crippen LogP contribution in [0.15, 0.2) is 18.2 Å². The highest BCUT2D eigenvalue weighted by atomic mass is 19.4. The normalized spacial score (nSPS) is 21.7. The average molecular weight is 348 g/mol. The monoisotopic (exact) mass is 348 g/mol. The summed E-state index contributed by atoms with van der Waals surface area (Å²) in [4.78, 5) is 24.0. The number of amides is 1. The Morgan fingerprint density at radius 1 is 1.33 bits per heavy atom. The largest absolute Gasteiger partial charge is 0.481 e. The number of aryl methyl sites for hydroxylation is 1. The number of carbonyl (C=O) groups excluding carboxylic acids is 1. The summed E-state index contributed by atoms with van der Waals surface area (Å²) >= 11 is 0. The van der Waals surface area contributed by atoms with Gasteiger partial charge in [-0.2, -0.15) is 13.2 Å². The predicted octanol–water partition coefficient (Wildman–Crippen LogP) is 2.27. The van der Waals surface area contributed by atoms with Gasteiger partial charge in [-0.1, -0.05) is 6.07 Å². The van der Waals surface area contributed by atoms with Crippen molar-refractivity contribution >= 4 is 17.6 Å². The minimum Gasteiger partial charge on any atom is -0.481 e. The summed E-state index contributed by atoms with van der Waals surface area (Å²) in [6.07, 6.45) is -4.64. The minimum absolute atomic E-state index is 0.185. The summed E-state index contributed by atoms with van der Waals surface area (Å²) in [5.74, 6) is -6.31. The second-order valence-electron chi connectivity index (χ2n) is 5.80. The van der Waals surface area contributed by atoms with Crippen molar-refractivity contribution in [2.45, 2.75) is 13.1 Å². The van der Waals surface area contributed by atoms with Gasteiger partial charge in [-0.25, -0.2) is 4.39 Å². The summed E-state index contributed by atoms with van der Waals surface area (Å²) in [7, 11) is 0. The van der Waals surface area contributed by atoms with Crippen LogP contribution < -0.4 is 5.32 Å². The molecule has 9 heteroatoms. The Bertz CT molecular complexity index is 648. The molecule has 24 heavy (non-hydrogen) atoms. The fourth-order valence-corrected chi connectivity index (χ4v) is 2.67. The van der Waals surface area contributed by atoms with Gasteiger partial charge in [0, 0.05) is 18.8 Å². The number of nitrogens with zero attached hydrogens (tertiary/aromatic N) is 1. The van der Waals surface area contributed by atoms with Gasteiger partial charge in [0.2, 0.25) is 5.91 Å². The van der Waals surface area contributed by atoms with E-state index in [1.54, 1.807) is 6.92 Å². The summed E-state index contributed by atoms with van der Waals surface area (Å²) in [6.45, 7) is 0.228. The topological polar surface area (TPSA) is 69.6 Å². The number of benzene rings is 1. The quantitative estimate of drug-likeness (QED) is 0.819. The SMILES string of the molecule is Cc1ccc(NC(=O)CN2C[C@@H](C(F)(F)F)[C@H](C(=O)O)C2)cc1F. The van der Waals surface area contributed by atoms with Crippen LogP contribution in [0.25, 0.3) is 0 Å². The molecule has 0 saturated carbocycles. The number of hydrogen-bond acceptors (Lipinski definition) is 3. The number of rotatable bonds is 4.